The molecule has 0 radical (unpaired) electrons. The van der Waals surface area contributed by atoms with Gasteiger partial charge in [0.2, 0.25) is 5.91 Å². The van der Waals surface area contributed by atoms with Gasteiger partial charge in [-0.3, -0.25) is 4.79 Å². The molecule has 0 saturated carbocycles. The third kappa shape index (κ3) is 2.13. The van der Waals surface area contributed by atoms with Gasteiger partial charge in [-0.25, -0.2) is 9.18 Å². The highest BCUT2D eigenvalue weighted by Gasteiger charge is 2.35. The first kappa shape index (κ1) is 12.3. The van der Waals surface area contributed by atoms with Gasteiger partial charge >= 0.3 is 5.97 Å². The van der Waals surface area contributed by atoms with E-state index in [0.717, 1.165) is 0 Å². The maximum absolute atomic E-state index is 13.7. The minimum Gasteiger partial charge on any atom is -0.480 e. The summed E-state index contributed by atoms with van der Waals surface area (Å²) in [6.07, 6.45) is 0. The molecular formula is C12H13FN2O3. The number of benzene rings is 1. The molecule has 0 aromatic heterocycles. The number of rotatable bonds is 2. The average Bonchev–Trinajstić information content (AvgIpc) is 2.32. The van der Waals surface area contributed by atoms with Crippen LogP contribution in [0.5, 0.6) is 0 Å². The first-order chi connectivity index (χ1) is 8.50. The van der Waals surface area contributed by atoms with Crippen molar-refractivity contribution in [3.8, 4) is 0 Å². The van der Waals surface area contributed by atoms with Gasteiger partial charge in [0.05, 0.1) is 18.8 Å². The zero-order chi connectivity index (χ0) is 13.3. The Hall–Kier alpha value is -2.11. The van der Waals surface area contributed by atoms with Crippen LogP contribution in [0.25, 0.3) is 0 Å². The molecule has 5 nitrogen and oxygen atoms in total. The number of aliphatic carboxylic acids is 1. The molecule has 2 rings (SSSR count). The van der Waals surface area contributed by atoms with Crippen molar-refractivity contribution >= 4 is 17.6 Å². The fraction of sp³-hybridized carbons (Fsp3) is 0.333. The normalized spacial score (nSPS) is 20.1. The Kier molecular flexibility index (Phi) is 3.18. The van der Waals surface area contributed by atoms with Crippen molar-refractivity contribution in [3.05, 3.63) is 30.1 Å². The van der Waals surface area contributed by atoms with Gasteiger partial charge in [-0.05, 0) is 12.1 Å². The highest BCUT2D eigenvalue weighted by molar-refractivity contribution is 5.89. The van der Waals surface area contributed by atoms with E-state index in [1.54, 1.807) is 6.07 Å². The lowest BCUT2D eigenvalue weighted by Gasteiger charge is -2.38. The fourth-order valence-electron chi connectivity index (χ4n) is 1.99. The van der Waals surface area contributed by atoms with Gasteiger partial charge in [0, 0.05) is 7.05 Å². The molecule has 1 saturated heterocycles. The molecule has 6 heteroatoms. The van der Waals surface area contributed by atoms with Crippen LogP contribution in [0.1, 0.15) is 0 Å². The van der Waals surface area contributed by atoms with Gasteiger partial charge < -0.3 is 14.9 Å². The highest BCUT2D eigenvalue weighted by atomic mass is 19.1. The summed E-state index contributed by atoms with van der Waals surface area (Å²) in [6, 6.07) is 4.93. The summed E-state index contributed by atoms with van der Waals surface area (Å²) in [4.78, 5) is 25.5. The third-order valence-electron chi connectivity index (χ3n) is 3.00. The molecule has 0 aliphatic carbocycles. The van der Waals surface area contributed by atoms with E-state index in [1.807, 2.05) is 0 Å². The van der Waals surface area contributed by atoms with Crippen molar-refractivity contribution in [2.75, 3.05) is 25.0 Å². The number of hydrogen-bond acceptors (Lipinski definition) is 3. The third-order valence-corrected chi connectivity index (χ3v) is 3.00. The van der Waals surface area contributed by atoms with Crippen LogP contribution >= 0.6 is 0 Å². The second kappa shape index (κ2) is 4.64. The number of amides is 1. The standard InChI is InChI=1S/C12H13FN2O3/c1-14-6-10(12(17)18)15(7-11(14)16)9-5-3-2-4-8(9)13/h2-5,10H,6-7H2,1H3,(H,17,18). The number of piperazine rings is 1. The van der Waals surface area contributed by atoms with Crippen LogP contribution in [0.3, 0.4) is 0 Å². The number of anilines is 1. The predicted octanol–water partition coefficient (Wildman–Crippen LogP) is 0.557. The molecule has 0 bridgehead atoms. The lowest BCUT2D eigenvalue weighted by atomic mass is 10.1. The molecule has 1 aromatic carbocycles. The van der Waals surface area contributed by atoms with E-state index in [4.69, 9.17) is 5.11 Å². The largest absolute Gasteiger partial charge is 0.480 e. The molecule has 0 spiro atoms. The van der Waals surface area contributed by atoms with E-state index in [1.165, 1.54) is 35.0 Å². The van der Waals surface area contributed by atoms with Crippen molar-refractivity contribution in [1.29, 1.82) is 0 Å². The van der Waals surface area contributed by atoms with Crippen molar-refractivity contribution < 1.29 is 19.1 Å². The van der Waals surface area contributed by atoms with Crippen LogP contribution < -0.4 is 4.90 Å². The Bertz CT molecular complexity index is 492. The van der Waals surface area contributed by atoms with E-state index in [2.05, 4.69) is 0 Å². The van der Waals surface area contributed by atoms with E-state index in [-0.39, 0.29) is 24.7 Å². The highest BCUT2D eigenvalue weighted by Crippen LogP contribution is 2.23. The molecular weight excluding hydrogens is 239 g/mol. The molecule has 1 aromatic rings. The number of carbonyl (C=O) groups excluding carboxylic acids is 1. The molecule has 1 amide bonds. The maximum Gasteiger partial charge on any atom is 0.328 e. The van der Waals surface area contributed by atoms with Crippen LogP contribution in [0, 0.1) is 5.82 Å². The summed E-state index contributed by atoms with van der Waals surface area (Å²) >= 11 is 0. The zero-order valence-corrected chi connectivity index (χ0v) is 9.84. The minimum atomic E-state index is -1.07. The van der Waals surface area contributed by atoms with Crippen LogP contribution in [-0.2, 0) is 9.59 Å². The lowest BCUT2D eigenvalue weighted by molar-refractivity contribution is -0.141. The number of carbonyl (C=O) groups is 2. The molecule has 1 fully saturated rings. The summed E-state index contributed by atoms with van der Waals surface area (Å²) in [5, 5.41) is 9.16. The molecule has 1 aliphatic heterocycles. The quantitative estimate of drug-likeness (QED) is 0.835. The summed E-state index contributed by atoms with van der Waals surface area (Å²) < 4.78 is 13.7. The molecule has 1 unspecified atom stereocenters. The number of carboxylic acid groups (broad SMARTS) is 1. The monoisotopic (exact) mass is 252 g/mol. The molecule has 1 atom stereocenters. The van der Waals surface area contributed by atoms with Crippen LogP contribution in [-0.4, -0.2) is 48.1 Å². The van der Waals surface area contributed by atoms with E-state index >= 15 is 0 Å². The molecule has 96 valence electrons. The summed E-state index contributed by atoms with van der Waals surface area (Å²) in [5.74, 6) is -1.82. The van der Waals surface area contributed by atoms with E-state index in [0.29, 0.717) is 0 Å². The first-order valence-electron chi connectivity index (χ1n) is 5.48. The Morgan fingerprint density at radius 2 is 2.11 bits per heavy atom. The summed E-state index contributed by atoms with van der Waals surface area (Å²) in [5.41, 5.74) is 0.145. The van der Waals surface area contributed by atoms with Gasteiger partial charge in [-0.15, -0.1) is 0 Å². The van der Waals surface area contributed by atoms with Gasteiger partial charge in [-0.1, -0.05) is 12.1 Å². The Balaban J connectivity index is 2.37. The topological polar surface area (TPSA) is 60.9 Å². The van der Waals surface area contributed by atoms with Gasteiger partial charge in [0.25, 0.3) is 0 Å². The molecule has 18 heavy (non-hydrogen) atoms. The van der Waals surface area contributed by atoms with Crippen LogP contribution in [0.15, 0.2) is 24.3 Å². The Morgan fingerprint density at radius 3 is 2.72 bits per heavy atom. The predicted molar refractivity (Wildman–Crippen MR) is 62.8 cm³/mol. The van der Waals surface area contributed by atoms with Gasteiger partial charge in [-0.2, -0.15) is 0 Å². The summed E-state index contributed by atoms with van der Waals surface area (Å²) in [6.45, 7) is -0.0864. The van der Waals surface area contributed by atoms with Crippen molar-refractivity contribution in [2.45, 2.75) is 6.04 Å². The average molecular weight is 252 g/mol. The summed E-state index contributed by atoms with van der Waals surface area (Å²) in [7, 11) is 1.54. The van der Waals surface area contributed by atoms with Crippen molar-refractivity contribution in [2.24, 2.45) is 0 Å². The number of likely N-dealkylation sites (N-methyl/N-ethyl adjacent to an activating group) is 1. The first-order valence-corrected chi connectivity index (χ1v) is 5.48. The van der Waals surface area contributed by atoms with Crippen LogP contribution in [0.4, 0.5) is 10.1 Å². The van der Waals surface area contributed by atoms with E-state index < -0.39 is 17.8 Å². The second-order valence-corrected chi connectivity index (χ2v) is 4.21. The molecule has 1 aliphatic rings. The number of halogens is 1. The number of hydrogen-bond donors (Lipinski definition) is 1. The van der Waals surface area contributed by atoms with E-state index in [9.17, 15) is 14.0 Å². The molecule has 1 heterocycles. The Labute approximate surface area is 103 Å². The second-order valence-electron chi connectivity index (χ2n) is 4.21. The van der Waals surface area contributed by atoms with Crippen molar-refractivity contribution in [3.63, 3.8) is 0 Å². The molecule has 1 N–H and O–H groups in total. The zero-order valence-electron chi connectivity index (χ0n) is 9.84. The lowest BCUT2D eigenvalue weighted by Crippen LogP contribution is -2.58. The van der Waals surface area contributed by atoms with Crippen LogP contribution in [0.2, 0.25) is 0 Å². The van der Waals surface area contributed by atoms with Gasteiger partial charge in [0.1, 0.15) is 11.9 Å². The van der Waals surface area contributed by atoms with Gasteiger partial charge in [0.15, 0.2) is 0 Å². The number of para-hydroxylation sites is 1. The Morgan fingerprint density at radius 1 is 1.44 bits per heavy atom. The minimum absolute atomic E-state index is 0.0441. The number of carboxylic acids is 1. The number of nitrogens with zero attached hydrogens (tertiary/aromatic N) is 2. The van der Waals surface area contributed by atoms with Crippen molar-refractivity contribution in [1.82, 2.24) is 4.90 Å². The SMILES string of the molecule is CN1CC(C(=O)O)N(c2ccccc2F)CC1=O. The maximum atomic E-state index is 13.7. The fourth-order valence-corrected chi connectivity index (χ4v) is 1.99. The smallest absolute Gasteiger partial charge is 0.328 e.